The van der Waals surface area contributed by atoms with Gasteiger partial charge in [-0.15, -0.1) is 0 Å². The van der Waals surface area contributed by atoms with Crippen LogP contribution in [0.15, 0.2) is 48.5 Å². The summed E-state index contributed by atoms with van der Waals surface area (Å²) in [6.07, 6.45) is -0.709. The maximum atomic E-state index is 12.7. The molecule has 1 N–H and O–H groups in total. The van der Waals surface area contributed by atoms with Gasteiger partial charge in [0.1, 0.15) is 12.4 Å². The van der Waals surface area contributed by atoms with Crippen molar-refractivity contribution in [2.75, 3.05) is 13.8 Å². The van der Waals surface area contributed by atoms with E-state index in [-0.39, 0.29) is 6.61 Å². The van der Waals surface area contributed by atoms with Crippen molar-refractivity contribution in [3.05, 3.63) is 69.7 Å². The van der Waals surface area contributed by atoms with E-state index in [0.29, 0.717) is 15.6 Å². The van der Waals surface area contributed by atoms with Crippen molar-refractivity contribution in [3.8, 4) is 0 Å². The number of benzene rings is 2. The lowest BCUT2D eigenvalue weighted by molar-refractivity contribution is 0.137. The molecule has 0 saturated heterocycles. The highest BCUT2D eigenvalue weighted by Gasteiger charge is 2.32. The highest BCUT2D eigenvalue weighted by atomic mass is 35.5. The Morgan fingerprint density at radius 3 is 2.44 bits per heavy atom. The van der Waals surface area contributed by atoms with E-state index >= 15 is 0 Å². The Bertz CT molecular complexity index is 785. The smallest absolute Gasteiger partial charge is 0.408 e. The molecule has 0 aliphatic rings. The zero-order valence-corrected chi connectivity index (χ0v) is 16.1. The van der Waals surface area contributed by atoms with Crippen LogP contribution in [-0.4, -0.2) is 19.9 Å². The van der Waals surface area contributed by atoms with Gasteiger partial charge in [-0.25, -0.2) is 4.79 Å². The van der Waals surface area contributed by atoms with E-state index in [1.54, 1.807) is 18.2 Å². The van der Waals surface area contributed by atoms with E-state index < -0.39 is 19.2 Å². The Balaban J connectivity index is 2.14. The third-order valence-electron chi connectivity index (χ3n) is 3.56. The molecule has 0 saturated carbocycles. The molecule has 2 rings (SSSR count). The summed E-state index contributed by atoms with van der Waals surface area (Å²) in [6, 6.07) is 14.0. The minimum Gasteiger partial charge on any atom is -0.445 e. The van der Waals surface area contributed by atoms with Crippen molar-refractivity contribution < 1.29 is 18.6 Å². The summed E-state index contributed by atoms with van der Waals surface area (Å²) in [5.74, 6) is -0.907. The maximum absolute atomic E-state index is 12.7. The fourth-order valence-electron chi connectivity index (χ4n) is 2.14. The molecule has 25 heavy (non-hydrogen) atoms. The van der Waals surface area contributed by atoms with Crippen molar-refractivity contribution >= 4 is 36.7 Å². The summed E-state index contributed by atoms with van der Waals surface area (Å²) in [5.41, 5.74) is 1.36. The molecule has 0 aromatic heterocycles. The number of carbonyl (C=O) groups is 1. The molecule has 1 amide bonds. The molecule has 5 nitrogen and oxygen atoms in total. The molecule has 0 heterocycles. The first-order chi connectivity index (χ1) is 11.8. The van der Waals surface area contributed by atoms with E-state index in [9.17, 15) is 9.36 Å². The van der Waals surface area contributed by atoms with Crippen LogP contribution in [0.1, 0.15) is 16.9 Å². The second-order valence-electron chi connectivity index (χ2n) is 5.37. The summed E-state index contributed by atoms with van der Waals surface area (Å²) >= 11 is 11.9. The molecule has 2 aromatic rings. The summed E-state index contributed by atoms with van der Waals surface area (Å²) in [4.78, 5) is 12.1. The lowest BCUT2D eigenvalue weighted by atomic mass is 10.2. The van der Waals surface area contributed by atoms with Crippen LogP contribution in [0.4, 0.5) is 4.79 Å². The van der Waals surface area contributed by atoms with E-state index in [2.05, 4.69) is 5.32 Å². The topological polar surface area (TPSA) is 64.6 Å². The van der Waals surface area contributed by atoms with E-state index in [0.717, 1.165) is 5.56 Å². The normalized spacial score (nSPS) is 14.4. The summed E-state index contributed by atoms with van der Waals surface area (Å²) < 4.78 is 23.0. The molecular weight excluding hydrogens is 384 g/mol. The van der Waals surface area contributed by atoms with Crippen molar-refractivity contribution in [2.24, 2.45) is 0 Å². The highest BCUT2D eigenvalue weighted by molar-refractivity contribution is 7.58. The van der Waals surface area contributed by atoms with Crippen LogP contribution >= 0.6 is 30.6 Å². The van der Waals surface area contributed by atoms with Gasteiger partial charge in [-0.05, 0) is 23.3 Å². The van der Waals surface area contributed by atoms with Crippen LogP contribution in [0.5, 0.6) is 0 Å². The number of halogens is 2. The van der Waals surface area contributed by atoms with Crippen LogP contribution in [0.2, 0.25) is 10.0 Å². The first kappa shape index (κ1) is 19.8. The van der Waals surface area contributed by atoms with Crippen LogP contribution in [0, 0.1) is 0 Å². The second kappa shape index (κ2) is 8.72. The number of nitrogens with one attached hydrogen (secondary N) is 1. The number of hydrogen-bond acceptors (Lipinski definition) is 4. The Hall–Kier alpha value is -1.52. The van der Waals surface area contributed by atoms with E-state index in [1.165, 1.54) is 13.8 Å². The molecule has 2 aromatic carbocycles. The van der Waals surface area contributed by atoms with Gasteiger partial charge in [0.25, 0.3) is 0 Å². The molecule has 0 aliphatic heterocycles. The average molecular weight is 402 g/mol. The van der Waals surface area contributed by atoms with Crippen LogP contribution in [0.3, 0.4) is 0 Å². The van der Waals surface area contributed by atoms with Crippen LogP contribution in [-0.2, 0) is 20.4 Å². The van der Waals surface area contributed by atoms with Gasteiger partial charge < -0.3 is 14.6 Å². The third kappa shape index (κ3) is 5.48. The van der Waals surface area contributed by atoms with Crippen LogP contribution < -0.4 is 5.32 Å². The predicted octanol–water partition coefficient (Wildman–Crippen LogP) is 5.47. The van der Waals surface area contributed by atoms with Gasteiger partial charge in [-0.1, -0.05) is 59.6 Å². The first-order valence-electron chi connectivity index (χ1n) is 7.38. The number of carbonyl (C=O) groups excluding carboxylic acids is 1. The van der Waals surface area contributed by atoms with E-state index in [4.69, 9.17) is 32.5 Å². The lowest BCUT2D eigenvalue weighted by Gasteiger charge is -2.24. The predicted molar refractivity (Wildman–Crippen MR) is 99.5 cm³/mol. The largest absolute Gasteiger partial charge is 0.445 e. The Kier molecular flexibility index (Phi) is 6.91. The monoisotopic (exact) mass is 401 g/mol. The van der Waals surface area contributed by atoms with Crippen molar-refractivity contribution in [1.29, 1.82) is 0 Å². The Morgan fingerprint density at radius 2 is 1.84 bits per heavy atom. The number of alkyl carbamates (subject to hydrolysis) is 1. The van der Waals surface area contributed by atoms with Gasteiger partial charge in [0, 0.05) is 13.8 Å². The third-order valence-corrected chi connectivity index (χ3v) is 6.39. The molecule has 2 atom stereocenters. The Morgan fingerprint density at radius 1 is 1.16 bits per heavy atom. The fourth-order valence-corrected chi connectivity index (χ4v) is 3.70. The molecule has 8 heteroatoms. The number of hydrogen-bond donors (Lipinski definition) is 1. The molecular formula is C17H18Cl2NO4P. The number of ether oxygens (including phenoxy) is 1. The summed E-state index contributed by atoms with van der Waals surface area (Å²) in [7, 11) is -1.88. The maximum Gasteiger partial charge on any atom is 0.408 e. The zero-order chi connectivity index (χ0) is 18.4. The van der Waals surface area contributed by atoms with Gasteiger partial charge in [0.05, 0.1) is 10.0 Å². The fraction of sp³-hybridized carbons (Fsp3) is 0.235. The standard InChI is InChI=1S/C17H18Cl2NO4P/c1-23-25(2,22)16(13-8-9-14(18)15(19)10-13)20-17(21)24-11-12-6-4-3-5-7-12/h3-10,16H,11H2,1-2H3,(H,20,21)/t16-,25-/m0/s1. The SMILES string of the molecule is CO[P@](C)(=O)[C@H](NC(=O)OCc1ccccc1)c1ccc(Cl)c(Cl)c1. The summed E-state index contributed by atoms with van der Waals surface area (Å²) in [6.45, 7) is 1.53. The van der Waals surface area contributed by atoms with Crippen molar-refractivity contribution in [2.45, 2.75) is 12.4 Å². The average Bonchev–Trinajstić information content (AvgIpc) is 2.61. The second-order valence-corrected chi connectivity index (χ2v) is 8.89. The van der Waals surface area contributed by atoms with Crippen molar-refractivity contribution in [3.63, 3.8) is 0 Å². The molecule has 0 bridgehead atoms. The Labute approximate surface area is 156 Å². The van der Waals surface area contributed by atoms with Gasteiger partial charge in [-0.2, -0.15) is 0 Å². The molecule has 0 radical (unpaired) electrons. The van der Waals surface area contributed by atoms with Gasteiger partial charge in [-0.3, -0.25) is 4.57 Å². The minimum atomic E-state index is -3.20. The van der Waals surface area contributed by atoms with Crippen molar-refractivity contribution in [1.82, 2.24) is 5.32 Å². The summed E-state index contributed by atoms with van der Waals surface area (Å²) in [5, 5.41) is 3.24. The molecule has 0 spiro atoms. The zero-order valence-electron chi connectivity index (χ0n) is 13.7. The number of rotatable bonds is 6. The number of amides is 1. The highest BCUT2D eigenvalue weighted by Crippen LogP contribution is 2.55. The minimum absolute atomic E-state index is 0.0990. The molecule has 0 fully saturated rings. The van der Waals surface area contributed by atoms with Gasteiger partial charge in [0.15, 0.2) is 0 Å². The first-order valence-corrected chi connectivity index (χ1v) is 10.3. The van der Waals surface area contributed by atoms with E-state index in [1.807, 2.05) is 30.3 Å². The molecule has 134 valence electrons. The quantitative estimate of drug-likeness (QED) is 0.651. The van der Waals surface area contributed by atoms with Gasteiger partial charge >= 0.3 is 6.09 Å². The molecule has 0 unspecified atom stereocenters. The molecule has 0 aliphatic carbocycles. The van der Waals surface area contributed by atoms with Crippen LogP contribution in [0.25, 0.3) is 0 Å². The van der Waals surface area contributed by atoms with Gasteiger partial charge in [0.2, 0.25) is 7.37 Å². The lowest BCUT2D eigenvalue weighted by Crippen LogP contribution is -2.29.